The Morgan fingerprint density at radius 1 is 1.52 bits per heavy atom. The van der Waals surface area contributed by atoms with Crippen LogP contribution in [0.2, 0.25) is 5.02 Å². The van der Waals surface area contributed by atoms with E-state index in [0.717, 1.165) is 6.26 Å². The molecule has 1 aromatic carbocycles. The molecule has 1 saturated heterocycles. The summed E-state index contributed by atoms with van der Waals surface area (Å²) in [5.74, 6) is 0.503. The van der Waals surface area contributed by atoms with Crippen LogP contribution in [-0.4, -0.2) is 47.1 Å². The molecule has 116 valence electrons. The molecule has 0 aromatic heterocycles. The van der Waals surface area contributed by atoms with Gasteiger partial charge in [0.25, 0.3) is 0 Å². The molecule has 1 aliphatic heterocycles. The molecule has 1 heterocycles. The molecular formula is C12H15ClN2O5S. The molecule has 1 atom stereocenters. The summed E-state index contributed by atoms with van der Waals surface area (Å²) in [5, 5.41) is 0.375. The van der Waals surface area contributed by atoms with Crippen LogP contribution in [0.1, 0.15) is 0 Å². The Kier molecular flexibility index (Phi) is 4.60. The van der Waals surface area contributed by atoms with Gasteiger partial charge in [-0.3, -0.25) is 4.90 Å². The van der Waals surface area contributed by atoms with Gasteiger partial charge in [-0.25, -0.2) is 17.9 Å². The van der Waals surface area contributed by atoms with Crippen LogP contribution in [0.15, 0.2) is 18.2 Å². The molecule has 0 saturated carbocycles. The van der Waals surface area contributed by atoms with Gasteiger partial charge in [-0.1, -0.05) is 11.6 Å². The van der Waals surface area contributed by atoms with Crippen molar-refractivity contribution < 1.29 is 22.7 Å². The summed E-state index contributed by atoms with van der Waals surface area (Å²) in [6.07, 6.45) is -0.0465. The number of benzene rings is 1. The van der Waals surface area contributed by atoms with E-state index in [-0.39, 0.29) is 13.1 Å². The maximum Gasteiger partial charge on any atom is 0.414 e. The topological polar surface area (TPSA) is 84.9 Å². The normalized spacial score (nSPS) is 18.7. The van der Waals surface area contributed by atoms with Gasteiger partial charge in [-0.2, -0.15) is 0 Å². The quantitative estimate of drug-likeness (QED) is 0.875. The molecule has 0 aliphatic carbocycles. The third kappa shape index (κ3) is 3.99. The van der Waals surface area contributed by atoms with Gasteiger partial charge in [0.05, 0.1) is 24.9 Å². The third-order valence-corrected chi connectivity index (χ3v) is 3.88. The van der Waals surface area contributed by atoms with Crippen molar-refractivity contribution in [3.05, 3.63) is 23.2 Å². The number of nitrogens with one attached hydrogen (secondary N) is 1. The Labute approximate surface area is 127 Å². The van der Waals surface area contributed by atoms with Crippen LogP contribution in [0.4, 0.5) is 10.5 Å². The van der Waals surface area contributed by atoms with Crippen LogP contribution in [0.5, 0.6) is 5.75 Å². The molecule has 0 radical (unpaired) electrons. The van der Waals surface area contributed by atoms with E-state index in [1.54, 1.807) is 18.2 Å². The maximum absolute atomic E-state index is 11.8. The SMILES string of the molecule is COc1ccc(N2CC(CNS(C)(=O)=O)OC2=O)cc1Cl. The van der Waals surface area contributed by atoms with Crippen LogP contribution in [0, 0.1) is 0 Å². The van der Waals surface area contributed by atoms with E-state index in [4.69, 9.17) is 21.1 Å². The zero-order chi connectivity index (χ0) is 15.6. The van der Waals surface area contributed by atoms with Crippen LogP contribution < -0.4 is 14.4 Å². The van der Waals surface area contributed by atoms with Crippen molar-refractivity contribution in [3.8, 4) is 5.75 Å². The van der Waals surface area contributed by atoms with Gasteiger partial charge < -0.3 is 9.47 Å². The van der Waals surface area contributed by atoms with E-state index < -0.39 is 22.2 Å². The number of rotatable bonds is 5. The first-order valence-electron chi connectivity index (χ1n) is 6.06. The summed E-state index contributed by atoms with van der Waals surface area (Å²) in [5.41, 5.74) is 0.563. The molecule has 1 aliphatic rings. The Morgan fingerprint density at radius 2 is 2.24 bits per heavy atom. The first-order chi connectivity index (χ1) is 9.80. The first kappa shape index (κ1) is 15.9. The number of ether oxygens (including phenoxy) is 2. The van der Waals surface area contributed by atoms with Crippen LogP contribution in [0.25, 0.3) is 0 Å². The molecule has 0 bridgehead atoms. The molecular weight excluding hydrogens is 320 g/mol. The smallest absolute Gasteiger partial charge is 0.414 e. The fourth-order valence-corrected chi connectivity index (χ4v) is 2.65. The molecule has 1 aromatic rings. The van der Waals surface area contributed by atoms with Gasteiger partial charge >= 0.3 is 6.09 Å². The van der Waals surface area contributed by atoms with Crippen molar-refractivity contribution in [3.63, 3.8) is 0 Å². The molecule has 2 rings (SSSR count). The van der Waals surface area contributed by atoms with E-state index in [2.05, 4.69) is 4.72 Å². The lowest BCUT2D eigenvalue weighted by Gasteiger charge is -2.14. The number of cyclic esters (lactones) is 1. The minimum absolute atomic E-state index is 0.0327. The fraction of sp³-hybridized carbons (Fsp3) is 0.417. The summed E-state index contributed by atoms with van der Waals surface area (Å²) in [4.78, 5) is 13.2. The van der Waals surface area contributed by atoms with Gasteiger partial charge in [0.2, 0.25) is 10.0 Å². The maximum atomic E-state index is 11.8. The number of hydrogen-bond donors (Lipinski definition) is 1. The summed E-state index contributed by atoms with van der Waals surface area (Å²) in [6, 6.07) is 4.92. The van der Waals surface area contributed by atoms with E-state index in [1.165, 1.54) is 12.0 Å². The van der Waals surface area contributed by atoms with Crippen molar-refractivity contribution >= 4 is 33.4 Å². The molecule has 1 N–H and O–H groups in total. The largest absolute Gasteiger partial charge is 0.495 e. The predicted octanol–water partition coefficient (Wildman–Crippen LogP) is 1.22. The summed E-state index contributed by atoms with van der Waals surface area (Å²) in [6.45, 7) is 0.273. The molecule has 0 spiro atoms. The van der Waals surface area contributed by atoms with E-state index in [1.807, 2.05) is 0 Å². The minimum Gasteiger partial charge on any atom is -0.495 e. The summed E-state index contributed by atoms with van der Waals surface area (Å²) < 4.78 is 34.5. The molecule has 9 heteroatoms. The highest BCUT2D eigenvalue weighted by molar-refractivity contribution is 7.88. The van der Waals surface area contributed by atoms with E-state index in [0.29, 0.717) is 16.5 Å². The van der Waals surface area contributed by atoms with Crippen LogP contribution in [-0.2, 0) is 14.8 Å². The van der Waals surface area contributed by atoms with Crippen molar-refractivity contribution in [2.45, 2.75) is 6.10 Å². The zero-order valence-electron chi connectivity index (χ0n) is 11.5. The van der Waals surface area contributed by atoms with Gasteiger partial charge in [-0.05, 0) is 18.2 Å². The Bertz CT molecular complexity index is 649. The van der Waals surface area contributed by atoms with Crippen LogP contribution >= 0.6 is 11.6 Å². The molecule has 1 amide bonds. The highest BCUT2D eigenvalue weighted by Gasteiger charge is 2.32. The average molecular weight is 335 g/mol. The summed E-state index contributed by atoms with van der Waals surface area (Å²) >= 11 is 6.02. The Hall–Kier alpha value is -1.51. The van der Waals surface area contributed by atoms with Gasteiger partial charge in [0, 0.05) is 12.2 Å². The lowest BCUT2D eigenvalue weighted by Crippen LogP contribution is -2.33. The molecule has 1 unspecified atom stereocenters. The minimum atomic E-state index is -3.32. The lowest BCUT2D eigenvalue weighted by atomic mass is 10.2. The number of hydrogen-bond acceptors (Lipinski definition) is 5. The second-order valence-corrected chi connectivity index (χ2v) is 6.80. The zero-order valence-corrected chi connectivity index (χ0v) is 13.1. The number of anilines is 1. The van der Waals surface area contributed by atoms with Gasteiger partial charge in [0.15, 0.2) is 0 Å². The number of halogens is 1. The highest BCUT2D eigenvalue weighted by Crippen LogP contribution is 2.31. The monoisotopic (exact) mass is 334 g/mol. The Morgan fingerprint density at radius 3 is 2.81 bits per heavy atom. The third-order valence-electron chi connectivity index (χ3n) is 2.89. The number of amides is 1. The number of carbonyl (C=O) groups excluding carboxylic acids is 1. The number of methoxy groups -OCH3 is 1. The standard InChI is InChI=1S/C12H15ClN2O5S/c1-19-11-4-3-8(5-10(11)13)15-7-9(20-12(15)16)6-14-21(2,17)18/h3-5,9,14H,6-7H2,1-2H3. The number of nitrogens with zero attached hydrogens (tertiary/aromatic N) is 1. The van der Waals surface area contributed by atoms with Gasteiger partial charge in [0.1, 0.15) is 11.9 Å². The fourth-order valence-electron chi connectivity index (χ4n) is 1.91. The molecule has 7 nitrogen and oxygen atoms in total. The second kappa shape index (κ2) is 6.08. The van der Waals surface area contributed by atoms with Crippen LogP contribution in [0.3, 0.4) is 0 Å². The average Bonchev–Trinajstić information content (AvgIpc) is 2.77. The van der Waals surface area contributed by atoms with Crippen molar-refractivity contribution in [1.29, 1.82) is 0 Å². The lowest BCUT2D eigenvalue weighted by molar-refractivity contribution is 0.143. The Balaban J connectivity index is 2.08. The number of sulfonamides is 1. The van der Waals surface area contributed by atoms with Gasteiger partial charge in [-0.15, -0.1) is 0 Å². The summed E-state index contributed by atoms with van der Waals surface area (Å²) in [7, 11) is -1.83. The number of carbonyl (C=O) groups is 1. The van der Waals surface area contributed by atoms with Crippen molar-refractivity contribution in [1.82, 2.24) is 4.72 Å². The second-order valence-electron chi connectivity index (χ2n) is 4.56. The molecule has 21 heavy (non-hydrogen) atoms. The molecule has 1 fully saturated rings. The highest BCUT2D eigenvalue weighted by atomic mass is 35.5. The van der Waals surface area contributed by atoms with E-state index >= 15 is 0 Å². The van der Waals surface area contributed by atoms with E-state index in [9.17, 15) is 13.2 Å². The van der Waals surface area contributed by atoms with Crippen molar-refractivity contribution in [2.24, 2.45) is 0 Å². The van der Waals surface area contributed by atoms with Crippen molar-refractivity contribution in [2.75, 3.05) is 31.4 Å². The first-order valence-corrected chi connectivity index (χ1v) is 8.33. The predicted molar refractivity (Wildman–Crippen MR) is 78.5 cm³/mol.